The number of aromatic nitrogens is 1. The summed E-state index contributed by atoms with van der Waals surface area (Å²) in [6.45, 7) is 0.242. The number of amides is 1. The lowest BCUT2D eigenvalue weighted by molar-refractivity contribution is 0.0912. The van der Waals surface area contributed by atoms with Crippen molar-refractivity contribution in [2.75, 3.05) is 7.11 Å². The van der Waals surface area contributed by atoms with E-state index in [9.17, 15) is 4.79 Å². The zero-order valence-corrected chi connectivity index (χ0v) is 11.3. The standard InChI is InChI=1S/C12H18N4O4/c1-19-7-8-6-9(16-20-8)10(17)14-12(11(13)15-18)4-2-3-5-12/h6,18H,2-5,7H2,1H3,(H2,13,15)(H,14,17). The highest BCUT2D eigenvalue weighted by Gasteiger charge is 2.40. The molecule has 1 fully saturated rings. The van der Waals surface area contributed by atoms with Gasteiger partial charge in [0.05, 0.1) is 0 Å². The van der Waals surface area contributed by atoms with Crippen molar-refractivity contribution in [3.63, 3.8) is 0 Å². The predicted octanol–water partition coefficient (Wildman–Crippen LogP) is 0.610. The summed E-state index contributed by atoms with van der Waals surface area (Å²) in [5.41, 5.74) is 5.06. The van der Waals surface area contributed by atoms with Crippen molar-refractivity contribution in [1.82, 2.24) is 10.5 Å². The highest BCUT2D eigenvalue weighted by atomic mass is 16.5. The van der Waals surface area contributed by atoms with Crippen LogP contribution in [0.2, 0.25) is 0 Å². The van der Waals surface area contributed by atoms with Crippen LogP contribution in [-0.2, 0) is 11.3 Å². The smallest absolute Gasteiger partial charge is 0.274 e. The van der Waals surface area contributed by atoms with Crippen LogP contribution in [0.3, 0.4) is 0 Å². The fourth-order valence-corrected chi connectivity index (χ4v) is 2.43. The Morgan fingerprint density at radius 2 is 2.35 bits per heavy atom. The summed E-state index contributed by atoms with van der Waals surface area (Å²) in [6.07, 6.45) is 3.09. The monoisotopic (exact) mass is 282 g/mol. The zero-order valence-electron chi connectivity index (χ0n) is 11.3. The number of carbonyl (C=O) groups excluding carboxylic acids is 1. The summed E-state index contributed by atoms with van der Waals surface area (Å²) in [5, 5.41) is 18.4. The van der Waals surface area contributed by atoms with Crippen molar-refractivity contribution in [2.24, 2.45) is 10.9 Å². The van der Waals surface area contributed by atoms with Crippen molar-refractivity contribution in [3.05, 3.63) is 17.5 Å². The average Bonchev–Trinajstić information content (AvgIpc) is 3.08. The molecule has 0 bridgehead atoms. The second-order valence-corrected chi connectivity index (χ2v) is 4.84. The molecule has 0 radical (unpaired) electrons. The third-order valence-corrected chi connectivity index (χ3v) is 3.49. The minimum atomic E-state index is -0.799. The molecular formula is C12H18N4O4. The second kappa shape index (κ2) is 5.91. The Morgan fingerprint density at radius 1 is 1.65 bits per heavy atom. The number of rotatable bonds is 5. The molecule has 0 aromatic carbocycles. The van der Waals surface area contributed by atoms with E-state index < -0.39 is 11.4 Å². The van der Waals surface area contributed by atoms with Gasteiger partial charge in [0, 0.05) is 13.2 Å². The molecule has 1 aliphatic rings. The van der Waals surface area contributed by atoms with Crippen molar-refractivity contribution < 1.29 is 19.3 Å². The van der Waals surface area contributed by atoms with Crippen LogP contribution in [0.1, 0.15) is 41.9 Å². The second-order valence-electron chi connectivity index (χ2n) is 4.84. The Bertz CT molecular complexity index is 505. The molecule has 4 N–H and O–H groups in total. The van der Waals surface area contributed by atoms with E-state index in [1.807, 2.05) is 0 Å². The molecule has 0 unspecified atom stereocenters. The average molecular weight is 282 g/mol. The first-order valence-corrected chi connectivity index (χ1v) is 6.36. The maximum Gasteiger partial charge on any atom is 0.274 e. The van der Waals surface area contributed by atoms with Gasteiger partial charge < -0.3 is 25.5 Å². The molecule has 20 heavy (non-hydrogen) atoms. The maximum absolute atomic E-state index is 12.2. The highest BCUT2D eigenvalue weighted by molar-refractivity contribution is 5.99. The van der Waals surface area contributed by atoms with Gasteiger partial charge in [-0.1, -0.05) is 23.2 Å². The van der Waals surface area contributed by atoms with Crippen molar-refractivity contribution in [1.29, 1.82) is 0 Å². The van der Waals surface area contributed by atoms with Crippen molar-refractivity contribution in [2.45, 2.75) is 37.8 Å². The van der Waals surface area contributed by atoms with Crippen LogP contribution < -0.4 is 11.1 Å². The van der Waals surface area contributed by atoms with Crippen molar-refractivity contribution >= 4 is 11.7 Å². The van der Waals surface area contributed by atoms with E-state index in [1.54, 1.807) is 0 Å². The minimum Gasteiger partial charge on any atom is -0.409 e. The number of nitrogens with one attached hydrogen (secondary N) is 1. The molecule has 1 aliphatic carbocycles. The Labute approximate surface area is 115 Å². The summed E-state index contributed by atoms with van der Waals surface area (Å²) in [5.74, 6) is 0.0653. The summed E-state index contributed by atoms with van der Waals surface area (Å²) in [4.78, 5) is 12.2. The number of oxime groups is 1. The number of carbonyl (C=O) groups is 1. The van der Waals surface area contributed by atoms with Gasteiger partial charge in [0.25, 0.3) is 5.91 Å². The van der Waals surface area contributed by atoms with Gasteiger partial charge in [0.15, 0.2) is 17.3 Å². The molecule has 1 aromatic heterocycles. The number of hydrogen-bond acceptors (Lipinski definition) is 6. The zero-order chi connectivity index (χ0) is 14.6. The van der Waals surface area contributed by atoms with Crippen LogP contribution in [0, 0.1) is 0 Å². The first-order chi connectivity index (χ1) is 9.61. The lowest BCUT2D eigenvalue weighted by Crippen LogP contribution is -2.55. The number of amidine groups is 1. The normalized spacial score (nSPS) is 18.1. The number of ether oxygens (including phenoxy) is 1. The molecule has 0 saturated heterocycles. The Kier molecular flexibility index (Phi) is 4.23. The summed E-state index contributed by atoms with van der Waals surface area (Å²) in [6, 6.07) is 1.51. The number of hydrogen-bond donors (Lipinski definition) is 3. The molecule has 1 saturated carbocycles. The number of methoxy groups -OCH3 is 1. The fourth-order valence-electron chi connectivity index (χ4n) is 2.43. The molecule has 1 amide bonds. The van der Waals surface area contributed by atoms with Crippen LogP contribution in [0.25, 0.3) is 0 Å². The molecule has 1 aromatic rings. The fraction of sp³-hybridized carbons (Fsp3) is 0.583. The molecule has 0 aliphatic heterocycles. The van der Waals surface area contributed by atoms with Crippen LogP contribution in [0.5, 0.6) is 0 Å². The van der Waals surface area contributed by atoms with Gasteiger partial charge in [0.2, 0.25) is 0 Å². The molecule has 2 rings (SSSR count). The summed E-state index contributed by atoms with van der Waals surface area (Å²) < 4.78 is 9.86. The maximum atomic E-state index is 12.2. The molecule has 8 nitrogen and oxygen atoms in total. The SMILES string of the molecule is COCc1cc(C(=O)NC2(C(N)=NO)CCCC2)no1. The van der Waals surface area contributed by atoms with E-state index in [0.717, 1.165) is 12.8 Å². The Balaban J connectivity index is 2.12. The molecular weight excluding hydrogens is 264 g/mol. The van der Waals surface area contributed by atoms with E-state index in [-0.39, 0.29) is 18.1 Å². The van der Waals surface area contributed by atoms with Gasteiger partial charge in [-0.25, -0.2) is 0 Å². The highest BCUT2D eigenvalue weighted by Crippen LogP contribution is 2.30. The van der Waals surface area contributed by atoms with Gasteiger partial charge in [-0.05, 0) is 12.8 Å². The molecule has 0 spiro atoms. The molecule has 1 heterocycles. The van der Waals surface area contributed by atoms with Gasteiger partial charge >= 0.3 is 0 Å². The largest absolute Gasteiger partial charge is 0.409 e. The quantitative estimate of drug-likeness (QED) is 0.315. The van der Waals surface area contributed by atoms with Crippen LogP contribution in [-0.4, -0.2) is 34.8 Å². The van der Waals surface area contributed by atoms with E-state index in [2.05, 4.69) is 15.6 Å². The molecule has 8 heteroatoms. The van der Waals surface area contributed by atoms with Gasteiger partial charge in [-0.3, -0.25) is 4.79 Å². The first-order valence-electron chi connectivity index (χ1n) is 6.36. The van der Waals surface area contributed by atoms with Crippen LogP contribution in [0.15, 0.2) is 15.7 Å². The summed E-state index contributed by atoms with van der Waals surface area (Å²) >= 11 is 0. The van der Waals surface area contributed by atoms with Gasteiger partial charge in [-0.15, -0.1) is 0 Å². The van der Waals surface area contributed by atoms with E-state index in [4.69, 9.17) is 20.2 Å². The third-order valence-electron chi connectivity index (χ3n) is 3.49. The summed E-state index contributed by atoms with van der Waals surface area (Å²) in [7, 11) is 1.52. The molecule has 0 atom stereocenters. The number of nitrogens with two attached hydrogens (primary N) is 1. The van der Waals surface area contributed by atoms with E-state index in [1.165, 1.54) is 13.2 Å². The first kappa shape index (κ1) is 14.3. The molecule has 110 valence electrons. The van der Waals surface area contributed by atoms with E-state index >= 15 is 0 Å². The lowest BCUT2D eigenvalue weighted by atomic mass is 9.96. The number of nitrogens with zero attached hydrogens (tertiary/aromatic N) is 2. The van der Waals surface area contributed by atoms with Crippen molar-refractivity contribution in [3.8, 4) is 0 Å². The third kappa shape index (κ3) is 2.74. The topological polar surface area (TPSA) is 123 Å². The Morgan fingerprint density at radius 3 is 2.95 bits per heavy atom. The predicted molar refractivity (Wildman–Crippen MR) is 69.3 cm³/mol. The van der Waals surface area contributed by atoms with Crippen LogP contribution in [0.4, 0.5) is 0 Å². The van der Waals surface area contributed by atoms with Gasteiger partial charge in [0.1, 0.15) is 12.1 Å². The lowest BCUT2D eigenvalue weighted by Gasteiger charge is -2.28. The van der Waals surface area contributed by atoms with Gasteiger partial charge in [-0.2, -0.15) is 0 Å². The minimum absolute atomic E-state index is 0.0176. The van der Waals surface area contributed by atoms with Crippen LogP contribution >= 0.6 is 0 Å². The Hall–Kier alpha value is -2.09. The van der Waals surface area contributed by atoms with E-state index in [0.29, 0.717) is 18.6 Å².